The zero-order valence-electron chi connectivity index (χ0n) is 15.2. The summed E-state index contributed by atoms with van der Waals surface area (Å²) in [6.07, 6.45) is 0. The van der Waals surface area contributed by atoms with Gasteiger partial charge in [-0.15, -0.1) is 0 Å². The van der Waals surface area contributed by atoms with Gasteiger partial charge in [0.1, 0.15) is 11.6 Å². The minimum Gasteiger partial charge on any atom is -0.379 e. The minimum absolute atomic E-state index is 0.230. The van der Waals surface area contributed by atoms with Gasteiger partial charge >= 0.3 is 6.03 Å². The highest BCUT2D eigenvalue weighted by molar-refractivity contribution is 5.90. The van der Waals surface area contributed by atoms with Crippen molar-refractivity contribution < 1.29 is 18.3 Å². The number of rotatable bonds is 5. The molecular formula is C20H23F2N3O2. The van der Waals surface area contributed by atoms with Gasteiger partial charge in [-0.25, -0.2) is 13.6 Å². The van der Waals surface area contributed by atoms with Crippen molar-refractivity contribution in [3.63, 3.8) is 0 Å². The number of halogens is 2. The number of ether oxygens (including phenoxy) is 1. The molecule has 2 aromatic rings. The van der Waals surface area contributed by atoms with E-state index in [1.807, 2.05) is 24.3 Å². The number of carbonyl (C=O) groups excluding carboxylic acids is 1. The van der Waals surface area contributed by atoms with Gasteiger partial charge in [0.2, 0.25) is 0 Å². The highest BCUT2D eigenvalue weighted by Gasteiger charge is 2.16. The van der Waals surface area contributed by atoms with Gasteiger partial charge in [0.25, 0.3) is 0 Å². The van der Waals surface area contributed by atoms with Crippen molar-refractivity contribution >= 4 is 11.7 Å². The molecule has 0 bridgehead atoms. The first-order valence-electron chi connectivity index (χ1n) is 8.93. The van der Waals surface area contributed by atoms with Gasteiger partial charge < -0.3 is 15.4 Å². The molecule has 7 heteroatoms. The summed E-state index contributed by atoms with van der Waals surface area (Å²) in [6.45, 7) is 5.47. The molecule has 0 aliphatic carbocycles. The second-order valence-electron chi connectivity index (χ2n) is 6.53. The third-order valence-electron chi connectivity index (χ3n) is 4.54. The number of nitrogens with zero attached hydrogens (tertiary/aromatic N) is 1. The molecule has 3 rings (SSSR count). The second kappa shape index (κ2) is 8.92. The number of hydrogen-bond donors (Lipinski definition) is 2. The first kappa shape index (κ1) is 19.3. The predicted molar refractivity (Wildman–Crippen MR) is 99.5 cm³/mol. The maximum absolute atomic E-state index is 13.9. The van der Waals surface area contributed by atoms with Crippen LogP contribution in [-0.4, -0.2) is 37.2 Å². The quantitative estimate of drug-likeness (QED) is 0.838. The molecule has 144 valence electrons. The summed E-state index contributed by atoms with van der Waals surface area (Å²) in [7, 11) is 0. The van der Waals surface area contributed by atoms with E-state index in [0.29, 0.717) is 25.4 Å². The molecule has 1 aliphatic rings. The normalized spacial score (nSPS) is 16.0. The van der Waals surface area contributed by atoms with Crippen LogP contribution in [0.15, 0.2) is 42.5 Å². The summed E-state index contributed by atoms with van der Waals surface area (Å²) in [5.41, 5.74) is 1.93. The number of amides is 2. The SMILES string of the molecule is CC(NC(=O)Nc1ccccc1CN1CCOCC1)c1ccc(F)cc1F. The van der Waals surface area contributed by atoms with E-state index in [1.165, 1.54) is 12.1 Å². The summed E-state index contributed by atoms with van der Waals surface area (Å²) in [6, 6.07) is 9.85. The topological polar surface area (TPSA) is 53.6 Å². The highest BCUT2D eigenvalue weighted by Crippen LogP contribution is 2.20. The molecule has 27 heavy (non-hydrogen) atoms. The second-order valence-corrected chi connectivity index (χ2v) is 6.53. The number of para-hydroxylation sites is 1. The van der Waals surface area contributed by atoms with Gasteiger partial charge in [-0.2, -0.15) is 0 Å². The zero-order chi connectivity index (χ0) is 19.2. The average Bonchev–Trinajstić information content (AvgIpc) is 2.64. The Bertz CT molecular complexity index is 795. The van der Waals surface area contributed by atoms with Crippen molar-refractivity contribution in [1.82, 2.24) is 10.2 Å². The lowest BCUT2D eigenvalue weighted by molar-refractivity contribution is 0.0343. The molecule has 2 amide bonds. The molecule has 1 fully saturated rings. The maximum Gasteiger partial charge on any atom is 0.319 e. The van der Waals surface area contributed by atoms with Crippen molar-refractivity contribution in [3.05, 3.63) is 65.2 Å². The van der Waals surface area contributed by atoms with Gasteiger partial charge in [-0.05, 0) is 24.6 Å². The van der Waals surface area contributed by atoms with Crippen LogP contribution in [0.5, 0.6) is 0 Å². The number of benzene rings is 2. The Balaban J connectivity index is 1.63. The molecule has 0 radical (unpaired) electrons. The Morgan fingerprint density at radius 1 is 1.19 bits per heavy atom. The van der Waals surface area contributed by atoms with Crippen molar-refractivity contribution in [2.75, 3.05) is 31.6 Å². The molecule has 1 unspecified atom stereocenters. The average molecular weight is 375 g/mol. The molecule has 0 aromatic heterocycles. The Labute approximate surface area is 157 Å². The molecule has 0 saturated carbocycles. The smallest absolute Gasteiger partial charge is 0.319 e. The highest BCUT2D eigenvalue weighted by atomic mass is 19.1. The summed E-state index contributed by atoms with van der Waals surface area (Å²) in [5.74, 6) is -1.33. The molecule has 1 saturated heterocycles. The van der Waals surface area contributed by atoms with Crippen LogP contribution in [0.1, 0.15) is 24.1 Å². The number of nitrogens with one attached hydrogen (secondary N) is 2. The van der Waals surface area contributed by atoms with Crippen LogP contribution in [0.2, 0.25) is 0 Å². The van der Waals surface area contributed by atoms with Crippen molar-refractivity contribution in [3.8, 4) is 0 Å². The summed E-state index contributed by atoms with van der Waals surface area (Å²) in [5, 5.41) is 5.52. The van der Waals surface area contributed by atoms with Gasteiger partial charge in [0.15, 0.2) is 0 Å². The third-order valence-corrected chi connectivity index (χ3v) is 4.54. The summed E-state index contributed by atoms with van der Waals surface area (Å²) < 4.78 is 32.3. The fourth-order valence-corrected chi connectivity index (χ4v) is 3.07. The Morgan fingerprint density at radius 3 is 2.67 bits per heavy atom. The lowest BCUT2D eigenvalue weighted by Gasteiger charge is -2.27. The van der Waals surface area contributed by atoms with Gasteiger partial charge in [-0.1, -0.05) is 24.3 Å². The molecule has 1 atom stereocenters. The van der Waals surface area contributed by atoms with Crippen LogP contribution >= 0.6 is 0 Å². The molecule has 1 aliphatic heterocycles. The molecule has 1 heterocycles. The first-order chi connectivity index (χ1) is 13.0. The van der Waals surface area contributed by atoms with Crippen LogP contribution < -0.4 is 10.6 Å². The Kier molecular flexibility index (Phi) is 6.36. The fraction of sp³-hybridized carbons (Fsp3) is 0.350. The molecule has 2 aromatic carbocycles. The van der Waals surface area contributed by atoms with E-state index in [-0.39, 0.29) is 5.56 Å². The third kappa shape index (κ3) is 5.24. The van der Waals surface area contributed by atoms with E-state index < -0.39 is 23.7 Å². The number of urea groups is 1. The Morgan fingerprint density at radius 2 is 1.93 bits per heavy atom. The minimum atomic E-state index is -0.685. The largest absolute Gasteiger partial charge is 0.379 e. The molecule has 0 spiro atoms. The predicted octanol–water partition coefficient (Wildman–Crippen LogP) is 3.68. The molecule has 5 nitrogen and oxygen atoms in total. The zero-order valence-corrected chi connectivity index (χ0v) is 15.2. The van der Waals surface area contributed by atoms with E-state index >= 15 is 0 Å². The van der Waals surface area contributed by atoms with Crippen molar-refractivity contribution in [2.24, 2.45) is 0 Å². The first-order valence-corrected chi connectivity index (χ1v) is 8.93. The maximum atomic E-state index is 13.9. The van der Waals surface area contributed by atoms with Crippen LogP contribution in [0.25, 0.3) is 0 Å². The van der Waals surface area contributed by atoms with E-state index in [4.69, 9.17) is 4.74 Å². The fourth-order valence-electron chi connectivity index (χ4n) is 3.07. The monoisotopic (exact) mass is 375 g/mol. The van der Waals surface area contributed by atoms with Crippen LogP contribution in [-0.2, 0) is 11.3 Å². The van der Waals surface area contributed by atoms with Crippen LogP contribution in [0.4, 0.5) is 19.3 Å². The molecule has 2 N–H and O–H groups in total. The lowest BCUT2D eigenvalue weighted by Crippen LogP contribution is -2.36. The van der Waals surface area contributed by atoms with Gasteiger partial charge in [0.05, 0.1) is 19.3 Å². The van der Waals surface area contributed by atoms with E-state index in [1.54, 1.807) is 6.92 Å². The van der Waals surface area contributed by atoms with E-state index in [9.17, 15) is 13.6 Å². The molecular weight excluding hydrogens is 352 g/mol. The number of carbonyl (C=O) groups is 1. The van der Waals surface area contributed by atoms with Crippen LogP contribution in [0, 0.1) is 11.6 Å². The number of hydrogen-bond acceptors (Lipinski definition) is 3. The van der Waals surface area contributed by atoms with Gasteiger partial charge in [0, 0.05) is 37.0 Å². The van der Waals surface area contributed by atoms with Gasteiger partial charge in [-0.3, -0.25) is 4.90 Å². The van der Waals surface area contributed by atoms with Crippen molar-refractivity contribution in [2.45, 2.75) is 19.5 Å². The van der Waals surface area contributed by atoms with E-state index in [2.05, 4.69) is 15.5 Å². The summed E-state index contributed by atoms with van der Waals surface area (Å²) in [4.78, 5) is 14.6. The van der Waals surface area contributed by atoms with Crippen LogP contribution in [0.3, 0.4) is 0 Å². The van der Waals surface area contributed by atoms with Crippen molar-refractivity contribution in [1.29, 1.82) is 0 Å². The Hall–Kier alpha value is -2.51. The standard InChI is InChI=1S/C20H23F2N3O2/c1-14(17-7-6-16(21)12-18(17)22)23-20(26)24-19-5-3-2-4-15(19)13-25-8-10-27-11-9-25/h2-7,12,14H,8-11,13H2,1H3,(H2,23,24,26). The lowest BCUT2D eigenvalue weighted by atomic mass is 10.1. The summed E-state index contributed by atoms with van der Waals surface area (Å²) >= 11 is 0. The van der Waals surface area contributed by atoms with E-state index in [0.717, 1.165) is 24.7 Å². The number of morpholine rings is 1. The number of anilines is 1.